The zero-order chi connectivity index (χ0) is 22.5. The molecule has 0 aromatic heterocycles. The molecule has 1 aromatic rings. The van der Waals surface area contributed by atoms with Gasteiger partial charge in [0, 0.05) is 64.0 Å². The molecule has 0 aliphatic carbocycles. The maximum Gasteiger partial charge on any atom is 0.246 e. The Bertz CT molecular complexity index is 835. The van der Waals surface area contributed by atoms with Crippen molar-refractivity contribution in [2.45, 2.75) is 6.04 Å². The summed E-state index contributed by atoms with van der Waals surface area (Å²) in [6.07, 6.45) is 3.53. The lowest BCUT2D eigenvalue weighted by Crippen LogP contribution is -2.64. The average Bonchev–Trinajstić information content (AvgIpc) is 2.68. The largest absolute Gasteiger partial charge is 0.506 e. The molecule has 2 heterocycles. The first-order chi connectivity index (χ1) is 14.7. The van der Waals surface area contributed by atoms with Crippen LogP contribution in [0.15, 0.2) is 24.3 Å². The van der Waals surface area contributed by atoms with E-state index in [1.807, 2.05) is 34.9 Å². The van der Waals surface area contributed by atoms with Gasteiger partial charge in [-0.15, -0.1) is 0 Å². The van der Waals surface area contributed by atoms with Crippen LogP contribution in [0.5, 0.6) is 5.75 Å². The number of nitrogens with zero attached hydrogens (tertiary/aromatic N) is 4. The van der Waals surface area contributed by atoms with Crippen molar-refractivity contribution < 1.29 is 14.7 Å². The summed E-state index contributed by atoms with van der Waals surface area (Å²) < 4.78 is 0. The highest BCUT2D eigenvalue weighted by molar-refractivity contribution is 6.42. The van der Waals surface area contributed by atoms with Crippen molar-refractivity contribution in [3.63, 3.8) is 0 Å². The van der Waals surface area contributed by atoms with E-state index in [1.165, 1.54) is 12.1 Å². The van der Waals surface area contributed by atoms with E-state index in [4.69, 9.17) is 23.2 Å². The maximum atomic E-state index is 12.5. The third-order valence-corrected chi connectivity index (χ3v) is 6.28. The van der Waals surface area contributed by atoms with Gasteiger partial charge in [-0.3, -0.25) is 14.5 Å². The standard InChI is InChI=1S/C21H29Cl2N5O3/c1-25(2)5-3-4-20(30)28-13-15(14-28)26-6-8-27(9-7-26)21(31)12-24-18-10-16(22)17(23)11-19(18)29/h3-4,10-11,15,24,29H,5-9,12-14H2,1-2H3. The van der Waals surface area contributed by atoms with Crippen LogP contribution in [-0.2, 0) is 9.59 Å². The highest BCUT2D eigenvalue weighted by Crippen LogP contribution is 2.33. The highest BCUT2D eigenvalue weighted by Gasteiger charge is 2.35. The van der Waals surface area contributed by atoms with Crippen molar-refractivity contribution in [2.75, 3.05) is 71.8 Å². The second kappa shape index (κ2) is 10.5. The molecule has 0 radical (unpaired) electrons. The lowest BCUT2D eigenvalue weighted by Gasteiger charge is -2.47. The van der Waals surface area contributed by atoms with Gasteiger partial charge < -0.3 is 25.1 Å². The van der Waals surface area contributed by atoms with E-state index in [0.29, 0.717) is 29.8 Å². The molecule has 2 N–H and O–H groups in total. The second-order valence-corrected chi connectivity index (χ2v) is 8.93. The third kappa shape index (κ3) is 6.26. The number of likely N-dealkylation sites (tertiary alicyclic amines) is 1. The predicted octanol–water partition coefficient (Wildman–Crippen LogP) is 1.58. The van der Waals surface area contributed by atoms with Gasteiger partial charge in [0.15, 0.2) is 0 Å². The summed E-state index contributed by atoms with van der Waals surface area (Å²) in [4.78, 5) is 32.7. The number of nitrogens with one attached hydrogen (secondary N) is 1. The smallest absolute Gasteiger partial charge is 0.246 e. The number of likely N-dealkylation sites (N-methyl/N-ethyl adjacent to an activating group) is 1. The first kappa shape index (κ1) is 23.7. The Balaban J connectivity index is 1.38. The molecule has 2 aliphatic heterocycles. The van der Waals surface area contributed by atoms with Crippen molar-refractivity contribution in [2.24, 2.45) is 0 Å². The molecule has 1 aromatic carbocycles. The van der Waals surface area contributed by atoms with Gasteiger partial charge in [0.1, 0.15) is 5.75 Å². The SMILES string of the molecule is CN(C)CC=CC(=O)N1CC(N2CCN(C(=O)CNc3cc(Cl)c(Cl)cc3O)CC2)C1. The molecule has 2 aliphatic rings. The van der Waals surface area contributed by atoms with Crippen LogP contribution in [0.2, 0.25) is 10.0 Å². The summed E-state index contributed by atoms with van der Waals surface area (Å²) in [6.45, 7) is 5.13. The molecule has 2 amide bonds. The zero-order valence-corrected chi connectivity index (χ0v) is 19.4. The van der Waals surface area contributed by atoms with E-state index in [-0.39, 0.29) is 29.1 Å². The fourth-order valence-corrected chi connectivity index (χ4v) is 3.95. The Morgan fingerprint density at radius 3 is 2.42 bits per heavy atom. The Labute approximate surface area is 193 Å². The molecule has 0 saturated carbocycles. The number of benzene rings is 1. The van der Waals surface area contributed by atoms with Gasteiger partial charge in [0.05, 0.1) is 22.3 Å². The van der Waals surface area contributed by atoms with Crippen LogP contribution >= 0.6 is 23.2 Å². The molecule has 10 heteroatoms. The number of amides is 2. The maximum absolute atomic E-state index is 12.5. The number of anilines is 1. The molecule has 0 spiro atoms. The first-order valence-electron chi connectivity index (χ1n) is 10.3. The summed E-state index contributed by atoms with van der Waals surface area (Å²) >= 11 is 11.8. The second-order valence-electron chi connectivity index (χ2n) is 8.12. The lowest BCUT2D eigenvalue weighted by molar-refractivity contribution is -0.135. The number of phenols is 1. The highest BCUT2D eigenvalue weighted by atomic mass is 35.5. The van der Waals surface area contributed by atoms with Gasteiger partial charge in [-0.1, -0.05) is 29.3 Å². The number of aromatic hydroxyl groups is 1. The quantitative estimate of drug-likeness (QED) is 0.466. The van der Waals surface area contributed by atoms with Crippen LogP contribution in [0.25, 0.3) is 0 Å². The van der Waals surface area contributed by atoms with Gasteiger partial charge in [-0.25, -0.2) is 0 Å². The number of carbonyl (C=O) groups is 2. The van der Waals surface area contributed by atoms with Gasteiger partial charge >= 0.3 is 0 Å². The van der Waals surface area contributed by atoms with Crippen molar-refractivity contribution >= 4 is 40.7 Å². The van der Waals surface area contributed by atoms with E-state index in [1.54, 1.807) is 6.08 Å². The van der Waals surface area contributed by atoms with Crippen molar-refractivity contribution in [3.05, 3.63) is 34.3 Å². The molecule has 2 fully saturated rings. The molecule has 170 valence electrons. The van der Waals surface area contributed by atoms with Crippen LogP contribution in [0.4, 0.5) is 5.69 Å². The first-order valence-corrected chi connectivity index (χ1v) is 11.0. The Morgan fingerprint density at radius 2 is 1.77 bits per heavy atom. The van der Waals surface area contributed by atoms with Crippen LogP contribution in [0, 0.1) is 0 Å². The van der Waals surface area contributed by atoms with Gasteiger partial charge in [0.2, 0.25) is 11.8 Å². The summed E-state index contributed by atoms with van der Waals surface area (Å²) in [5.41, 5.74) is 0.375. The molecule has 0 bridgehead atoms. The molecule has 3 rings (SSSR count). The van der Waals surface area contributed by atoms with Gasteiger partial charge in [-0.05, 0) is 20.2 Å². The Morgan fingerprint density at radius 1 is 1.13 bits per heavy atom. The van der Waals surface area contributed by atoms with E-state index >= 15 is 0 Å². The minimum Gasteiger partial charge on any atom is -0.506 e. The molecular formula is C21H29Cl2N5O3. The van der Waals surface area contributed by atoms with E-state index in [0.717, 1.165) is 32.7 Å². The number of halogens is 2. The fraction of sp³-hybridized carbons (Fsp3) is 0.524. The normalized spacial score (nSPS) is 18.0. The minimum absolute atomic E-state index is 0.0402. The topological polar surface area (TPSA) is 79.4 Å². The Kier molecular flexibility index (Phi) is 8.05. The molecule has 0 unspecified atom stereocenters. The number of hydrogen-bond acceptors (Lipinski definition) is 6. The average molecular weight is 470 g/mol. The lowest BCUT2D eigenvalue weighted by atomic mass is 10.1. The predicted molar refractivity (Wildman–Crippen MR) is 123 cm³/mol. The van der Waals surface area contributed by atoms with E-state index < -0.39 is 0 Å². The summed E-state index contributed by atoms with van der Waals surface area (Å²) in [6, 6.07) is 3.21. The molecule has 31 heavy (non-hydrogen) atoms. The number of rotatable bonds is 7. The van der Waals surface area contributed by atoms with Crippen molar-refractivity contribution in [3.8, 4) is 5.75 Å². The van der Waals surface area contributed by atoms with Gasteiger partial charge in [-0.2, -0.15) is 0 Å². The van der Waals surface area contributed by atoms with Crippen LogP contribution in [-0.4, -0.2) is 109 Å². The van der Waals surface area contributed by atoms with E-state index in [9.17, 15) is 14.7 Å². The molecular weight excluding hydrogens is 441 g/mol. The van der Waals surface area contributed by atoms with Crippen molar-refractivity contribution in [1.82, 2.24) is 19.6 Å². The van der Waals surface area contributed by atoms with E-state index in [2.05, 4.69) is 10.2 Å². The summed E-state index contributed by atoms with van der Waals surface area (Å²) in [5, 5.41) is 13.4. The monoisotopic (exact) mass is 469 g/mol. The van der Waals surface area contributed by atoms with Crippen molar-refractivity contribution in [1.29, 1.82) is 0 Å². The fourth-order valence-electron chi connectivity index (χ4n) is 3.63. The van der Waals surface area contributed by atoms with Gasteiger partial charge in [0.25, 0.3) is 0 Å². The number of piperazine rings is 1. The zero-order valence-electron chi connectivity index (χ0n) is 17.9. The molecule has 8 nitrogen and oxygen atoms in total. The number of carbonyl (C=O) groups excluding carboxylic acids is 2. The summed E-state index contributed by atoms with van der Waals surface area (Å²) in [5.74, 6) is -0.0298. The number of hydrogen-bond donors (Lipinski definition) is 2. The van der Waals surface area contributed by atoms with Crippen LogP contribution < -0.4 is 5.32 Å². The summed E-state index contributed by atoms with van der Waals surface area (Å²) in [7, 11) is 3.93. The Hall–Kier alpha value is -2.00. The molecule has 2 saturated heterocycles. The molecule has 0 atom stereocenters. The number of phenolic OH excluding ortho intramolecular Hbond substituents is 1. The van der Waals surface area contributed by atoms with Crippen LogP contribution in [0.3, 0.4) is 0 Å². The third-order valence-electron chi connectivity index (χ3n) is 5.56. The van der Waals surface area contributed by atoms with Crippen LogP contribution in [0.1, 0.15) is 0 Å². The minimum atomic E-state index is -0.0485.